The van der Waals surface area contributed by atoms with E-state index in [0.29, 0.717) is 0 Å². The van der Waals surface area contributed by atoms with Gasteiger partial charge in [0, 0.05) is 3.57 Å². The van der Waals surface area contributed by atoms with Crippen molar-refractivity contribution in [2.45, 2.75) is 6.43 Å². The highest BCUT2D eigenvalue weighted by Crippen LogP contribution is 2.21. The van der Waals surface area contributed by atoms with Gasteiger partial charge in [-0.2, -0.15) is 0 Å². The summed E-state index contributed by atoms with van der Waals surface area (Å²) in [5.41, 5.74) is 4.09. The second-order valence-electron chi connectivity index (χ2n) is 2.12. The summed E-state index contributed by atoms with van der Waals surface area (Å²) in [5.74, 6) is 0. The number of nitrogens with two attached hydrogens (primary N) is 1. The first-order valence-electron chi connectivity index (χ1n) is 2.98. The van der Waals surface area contributed by atoms with E-state index < -0.39 is 12.0 Å². The summed E-state index contributed by atoms with van der Waals surface area (Å²) in [6.07, 6.45) is -2.68. The fourth-order valence-corrected chi connectivity index (χ4v) is 1.40. The fraction of sp³-hybridized carbons (Fsp3) is 0.167. The van der Waals surface area contributed by atoms with E-state index in [0.717, 1.165) is 0 Å². The number of nitrogens with one attached hydrogen (secondary N) is 1. The second kappa shape index (κ2) is 3.38. The Morgan fingerprint density at radius 1 is 1.58 bits per heavy atom. The zero-order valence-corrected chi connectivity index (χ0v) is 7.93. The number of hydrogen-bond acceptors (Lipinski definition) is 2. The molecule has 12 heavy (non-hydrogen) atoms. The fourth-order valence-electron chi connectivity index (χ4n) is 0.693. The molecule has 0 fully saturated rings. The largest absolute Gasteiger partial charge is 0.394 e. The van der Waals surface area contributed by atoms with Crippen LogP contribution in [-0.4, -0.2) is 4.98 Å². The summed E-state index contributed by atoms with van der Waals surface area (Å²) in [6.45, 7) is 0. The van der Waals surface area contributed by atoms with Gasteiger partial charge >= 0.3 is 0 Å². The number of alkyl halides is 2. The third-order valence-electron chi connectivity index (χ3n) is 1.27. The minimum atomic E-state index is -2.68. The van der Waals surface area contributed by atoms with Gasteiger partial charge in [-0.1, -0.05) is 0 Å². The van der Waals surface area contributed by atoms with Crippen LogP contribution in [0.3, 0.4) is 0 Å². The number of anilines is 1. The first kappa shape index (κ1) is 9.43. The molecule has 6 heteroatoms. The van der Waals surface area contributed by atoms with Gasteiger partial charge in [-0.25, -0.2) is 8.78 Å². The number of H-pyrrole nitrogens is 1. The van der Waals surface area contributed by atoms with Gasteiger partial charge in [-0.3, -0.25) is 4.79 Å². The van der Waals surface area contributed by atoms with Gasteiger partial charge in [0.1, 0.15) is 0 Å². The normalized spacial score (nSPS) is 10.7. The second-order valence-corrected chi connectivity index (χ2v) is 3.28. The van der Waals surface area contributed by atoms with Crippen molar-refractivity contribution in [2.24, 2.45) is 0 Å². The molecule has 0 radical (unpaired) electrons. The number of hydrogen-bond donors (Lipinski definition) is 2. The zero-order chi connectivity index (χ0) is 9.30. The van der Waals surface area contributed by atoms with E-state index in [9.17, 15) is 13.6 Å². The summed E-state index contributed by atoms with van der Waals surface area (Å²) < 4.78 is 24.5. The third-order valence-corrected chi connectivity index (χ3v) is 2.16. The average molecular weight is 286 g/mol. The smallest absolute Gasteiger partial charge is 0.279 e. The minimum Gasteiger partial charge on any atom is -0.394 e. The lowest BCUT2D eigenvalue weighted by Crippen LogP contribution is -2.15. The maximum absolute atomic E-state index is 12.1. The molecule has 1 rings (SSSR count). The van der Waals surface area contributed by atoms with Crippen molar-refractivity contribution in [3.63, 3.8) is 0 Å². The number of pyridine rings is 1. The monoisotopic (exact) mass is 286 g/mol. The van der Waals surface area contributed by atoms with Gasteiger partial charge in [0.2, 0.25) is 0 Å². The van der Waals surface area contributed by atoms with Crippen LogP contribution in [0.2, 0.25) is 0 Å². The molecule has 0 spiro atoms. The Kier molecular flexibility index (Phi) is 2.65. The van der Waals surface area contributed by atoms with E-state index in [4.69, 9.17) is 5.73 Å². The molecule has 0 amide bonds. The molecule has 0 bridgehead atoms. The molecule has 3 N–H and O–H groups in total. The van der Waals surface area contributed by atoms with E-state index in [-0.39, 0.29) is 15.0 Å². The highest BCUT2D eigenvalue weighted by Gasteiger charge is 2.13. The highest BCUT2D eigenvalue weighted by molar-refractivity contribution is 14.1. The number of rotatable bonds is 1. The van der Waals surface area contributed by atoms with Crippen LogP contribution in [0, 0.1) is 3.57 Å². The number of aromatic nitrogens is 1. The van der Waals surface area contributed by atoms with Crippen LogP contribution in [0.15, 0.2) is 10.9 Å². The van der Waals surface area contributed by atoms with Crippen LogP contribution in [0.25, 0.3) is 0 Å². The lowest BCUT2D eigenvalue weighted by atomic mass is 10.3. The SMILES string of the molecule is Nc1cc(I)c(C(F)F)[nH]c1=O. The molecule has 0 aliphatic heterocycles. The topological polar surface area (TPSA) is 58.9 Å². The predicted octanol–water partition coefficient (Wildman–Crippen LogP) is 1.50. The minimum absolute atomic E-state index is 0.0520. The van der Waals surface area contributed by atoms with Gasteiger partial charge < -0.3 is 10.7 Å². The summed E-state index contributed by atoms with van der Waals surface area (Å²) in [6, 6.07) is 1.22. The van der Waals surface area contributed by atoms with Gasteiger partial charge in [0.05, 0.1) is 11.4 Å². The Labute approximate surface area is 80.1 Å². The number of halogens is 3. The first-order chi connectivity index (χ1) is 5.52. The number of nitrogen functional groups attached to an aromatic ring is 1. The average Bonchev–Trinajstić information content (AvgIpc) is 1.96. The predicted molar refractivity (Wildman–Crippen MR) is 49.1 cm³/mol. The molecule has 0 aliphatic rings. The molecule has 1 aromatic heterocycles. The molecule has 1 aromatic rings. The molecule has 1 heterocycles. The Morgan fingerprint density at radius 3 is 2.67 bits per heavy atom. The van der Waals surface area contributed by atoms with Crippen LogP contribution in [-0.2, 0) is 0 Å². The van der Waals surface area contributed by atoms with Crippen molar-refractivity contribution in [3.8, 4) is 0 Å². The van der Waals surface area contributed by atoms with E-state index >= 15 is 0 Å². The van der Waals surface area contributed by atoms with E-state index in [1.54, 1.807) is 22.6 Å². The van der Waals surface area contributed by atoms with Gasteiger partial charge in [-0.15, -0.1) is 0 Å². The summed E-state index contributed by atoms with van der Waals surface area (Å²) in [4.78, 5) is 12.8. The van der Waals surface area contributed by atoms with E-state index in [2.05, 4.69) is 0 Å². The standard InChI is InChI=1S/C6H5F2IN2O/c7-5(8)4-2(9)1-3(10)6(12)11-4/h1,5H,10H2,(H,11,12). The summed E-state index contributed by atoms with van der Waals surface area (Å²) >= 11 is 1.69. The molecule has 3 nitrogen and oxygen atoms in total. The molecule has 0 aliphatic carbocycles. The lowest BCUT2D eigenvalue weighted by molar-refractivity contribution is 0.145. The molecule has 66 valence electrons. The van der Waals surface area contributed by atoms with Crippen LogP contribution in [0.1, 0.15) is 12.1 Å². The molecule has 0 saturated carbocycles. The van der Waals surface area contributed by atoms with Crippen LogP contribution < -0.4 is 11.3 Å². The Balaban J connectivity index is 3.33. The lowest BCUT2D eigenvalue weighted by Gasteiger charge is -2.02. The first-order valence-corrected chi connectivity index (χ1v) is 4.06. The third kappa shape index (κ3) is 1.74. The highest BCUT2D eigenvalue weighted by atomic mass is 127. The molecule has 0 unspecified atom stereocenters. The summed E-state index contributed by atoms with van der Waals surface area (Å²) in [7, 11) is 0. The van der Waals surface area contributed by atoms with Crippen molar-refractivity contribution in [1.82, 2.24) is 4.98 Å². The van der Waals surface area contributed by atoms with Crippen molar-refractivity contribution in [2.75, 3.05) is 5.73 Å². The molecule has 0 atom stereocenters. The van der Waals surface area contributed by atoms with Crippen molar-refractivity contribution in [3.05, 3.63) is 25.7 Å². The van der Waals surface area contributed by atoms with Crippen molar-refractivity contribution in [1.29, 1.82) is 0 Å². The number of aromatic amines is 1. The molecular weight excluding hydrogens is 281 g/mol. The maximum atomic E-state index is 12.1. The van der Waals surface area contributed by atoms with Crippen molar-refractivity contribution < 1.29 is 8.78 Å². The van der Waals surface area contributed by atoms with Crippen LogP contribution in [0.5, 0.6) is 0 Å². The Morgan fingerprint density at radius 2 is 2.17 bits per heavy atom. The van der Waals surface area contributed by atoms with Gasteiger partial charge in [0.25, 0.3) is 12.0 Å². The van der Waals surface area contributed by atoms with Crippen molar-refractivity contribution >= 4 is 28.3 Å². The van der Waals surface area contributed by atoms with E-state index in [1.807, 2.05) is 4.98 Å². The van der Waals surface area contributed by atoms with Gasteiger partial charge in [0.15, 0.2) is 0 Å². The van der Waals surface area contributed by atoms with Crippen LogP contribution in [0.4, 0.5) is 14.5 Å². The van der Waals surface area contributed by atoms with Crippen LogP contribution >= 0.6 is 22.6 Å². The zero-order valence-electron chi connectivity index (χ0n) is 5.77. The summed E-state index contributed by atoms with van der Waals surface area (Å²) in [5, 5.41) is 0. The van der Waals surface area contributed by atoms with E-state index in [1.165, 1.54) is 6.07 Å². The quantitative estimate of drug-likeness (QED) is 0.769. The Bertz CT molecular complexity index is 350. The maximum Gasteiger partial charge on any atom is 0.279 e. The molecule has 0 saturated heterocycles. The molecular formula is C6H5F2IN2O. The Hall–Kier alpha value is -0.660. The van der Waals surface area contributed by atoms with Gasteiger partial charge in [-0.05, 0) is 28.7 Å². The molecule has 0 aromatic carbocycles.